The number of carbonyl (C=O) groups is 1. The minimum Gasteiger partial charge on any atom is -0.481 e. The molecule has 2 rings (SSSR count). The summed E-state index contributed by atoms with van der Waals surface area (Å²) in [6, 6.07) is 18.5. The van der Waals surface area contributed by atoms with Crippen LogP contribution in [0.4, 0.5) is 0 Å². The van der Waals surface area contributed by atoms with Crippen molar-refractivity contribution in [3.05, 3.63) is 71.8 Å². The van der Waals surface area contributed by atoms with Crippen molar-refractivity contribution >= 4 is 18.4 Å². The Morgan fingerprint density at radius 1 is 0.824 bits per heavy atom. The minimum atomic E-state index is -0.822. The highest BCUT2D eigenvalue weighted by Crippen LogP contribution is 2.24. The first-order valence-corrected chi connectivity index (χ1v) is 5.12. The van der Waals surface area contributed by atoms with E-state index in [0.29, 0.717) is 0 Å². The van der Waals surface area contributed by atoms with E-state index < -0.39 is 11.9 Å². The SMILES string of the molecule is Cl.O=C(O)C(c1ccccc1)c1ccccc1. The van der Waals surface area contributed by atoms with Gasteiger partial charge in [-0.3, -0.25) is 4.79 Å². The van der Waals surface area contributed by atoms with E-state index >= 15 is 0 Å². The van der Waals surface area contributed by atoms with Gasteiger partial charge in [-0.25, -0.2) is 0 Å². The molecule has 0 unspecified atom stereocenters. The molecule has 0 aromatic heterocycles. The Labute approximate surface area is 106 Å². The van der Waals surface area contributed by atoms with Gasteiger partial charge in [0.15, 0.2) is 0 Å². The third-order valence-electron chi connectivity index (χ3n) is 2.51. The van der Waals surface area contributed by atoms with Gasteiger partial charge in [-0.1, -0.05) is 60.7 Å². The third kappa shape index (κ3) is 3.08. The van der Waals surface area contributed by atoms with Gasteiger partial charge in [-0.05, 0) is 11.1 Å². The van der Waals surface area contributed by atoms with E-state index in [2.05, 4.69) is 0 Å². The van der Waals surface area contributed by atoms with Crippen LogP contribution in [0, 0.1) is 0 Å². The van der Waals surface area contributed by atoms with E-state index in [4.69, 9.17) is 0 Å². The summed E-state index contributed by atoms with van der Waals surface area (Å²) in [5.74, 6) is -1.40. The van der Waals surface area contributed by atoms with Crippen molar-refractivity contribution in [3.63, 3.8) is 0 Å². The number of carboxylic acids is 1. The quantitative estimate of drug-likeness (QED) is 0.905. The molecule has 2 nitrogen and oxygen atoms in total. The van der Waals surface area contributed by atoms with Crippen molar-refractivity contribution in [2.45, 2.75) is 5.92 Å². The molecule has 17 heavy (non-hydrogen) atoms. The maximum absolute atomic E-state index is 11.3. The molecule has 1 N–H and O–H groups in total. The smallest absolute Gasteiger partial charge is 0.315 e. The molecule has 2 aromatic carbocycles. The second-order valence-corrected chi connectivity index (χ2v) is 3.59. The van der Waals surface area contributed by atoms with E-state index in [0.717, 1.165) is 11.1 Å². The summed E-state index contributed by atoms with van der Waals surface area (Å²) in [5, 5.41) is 9.28. The normalized spacial score (nSPS) is 9.71. The zero-order valence-corrected chi connectivity index (χ0v) is 9.93. The lowest BCUT2D eigenvalue weighted by atomic mass is 9.92. The van der Waals surface area contributed by atoms with Crippen molar-refractivity contribution in [1.29, 1.82) is 0 Å². The van der Waals surface area contributed by atoms with Crippen LogP contribution in [0.2, 0.25) is 0 Å². The van der Waals surface area contributed by atoms with Crippen molar-refractivity contribution in [2.24, 2.45) is 0 Å². The Balaban J connectivity index is 0.00000144. The van der Waals surface area contributed by atoms with Gasteiger partial charge in [0.25, 0.3) is 0 Å². The maximum atomic E-state index is 11.3. The number of benzene rings is 2. The van der Waals surface area contributed by atoms with Crippen molar-refractivity contribution in [2.75, 3.05) is 0 Å². The summed E-state index contributed by atoms with van der Waals surface area (Å²) in [7, 11) is 0. The van der Waals surface area contributed by atoms with Gasteiger partial charge >= 0.3 is 5.97 Å². The highest BCUT2D eigenvalue weighted by atomic mass is 35.5. The fourth-order valence-electron chi connectivity index (χ4n) is 1.77. The molecule has 0 radical (unpaired) electrons. The third-order valence-corrected chi connectivity index (χ3v) is 2.51. The summed E-state index contributed by atoms with van der Waals surface area (Å²) in [6.45, 7) is 0. The minimum absolute atomic E-state index is 0. The summed E-state index contributed by atoms with van der Waals surface area (Å²) in [5.41, 5.74) is 1.61. The molecule has 88 valence electrons. The molecule has 0 bridgehead atoms. The summed E-state index contributed by atoms with van der Waals surface area (Å²) in [6.07, 6.45) is 0. The average molecular weight is 249 g/mol. The van der Waals surface area contributed by atoms with Crippen LogP contribution in [0.25, 0.3) is 0 Å². The van der Waals surface area contributed by atoms with Gasteiger partial charge in [0.1, 0.15) is 5.92 Å². The average Bonchev–Trinajstić information content (AvgIpc) is 2.31. The highest BCUT2D eigenvalue weighted by molar-refractivity contribution is 5.85. The lowest BCUT2D eigenvalue weighted by Gasteiger charge is -2.12. The number of halogens is 1. The molecule has 0 aliphatic rings. The number of hydrogen-bond donors (Lipinski definition) is 1. The van der Waals surface area contributed by atoms with Crippen molar-refractivity contribution in [3.8, 4) is 0 Å². The van der Waals surface area contributed by atoms with Crippen LogP contribution < -0.4 is 0 Å². The van der Waals surface area contributed by atoms with Crippen LogP contribution in [-0.2, 0) is 4.79 Å². The molecule has 3 heteroatoms. The van der Waals surface area contributed by atoms with Crippen LogP contribution in [0.5, 0.6) is 0 Å². The zero-order chi connectivity index (χ0) is 11.4. The molecule has 2 aromatic rings. The summed E-state index contributed by atoms with van der Waals surface area (Å²) in [4.78, 5) is 11.3. The van der Waals surface area contributed by atoms with Crippen LogP contribution in [-0.4, -0.2) is 11.1 Å². The molecule has 0 heterocycles. The Morgan fingerprint density at radius 3 is 1.47 bits per heavy atom. The van der Waals surface area contributed by atoms with E-state index in [9.17, 15) is 9.90 Å². The van der Waals surface area contributed by atoms with Crippen LogP contribution in [0.1, 0.15) is 17.0 Å². The topological polar surface area (TPSA) is 37.3 Å². The fraction of sp³-hybridized carbons (Fsp3) is 0.0714. The Bertz CT molecular complexity index is 429. The highest BCUT2D eigenvalue weighted by Gasteiger charge is 2.20. The second kappa shape index (κ2) is 6.06. The fourth-order valence-corrected chi connectivity index (χ4v) is 1.77. The first kappa shape index (κ1) is 13.3. The molecule has 0 aliphatic carbocycles. The molecule has 0 spiro atoms. The molecule has 0 saturated carbocycles. The Kier molecular flexibility index (Phi) is 4.73. The first-order valence-electron chi connectivity index (χ1n) is 5.12. The molecule has 0 atom stereocenters. The van der Waals surface area contributed by atoms with Crippen LogP contribution >= 0.6 is 12.4 Å². The number of hydrogen-bond acceptors (Lipinski definition) is 1. The van der Waals surface area contributed by atoms with Crippen LogP contribution in [0.3, 0.4) is 0 Å². The second-order valence-electron chi connectivity index (χ2n) is 3.59. The molecule has 0 aliphatic heterocycles. The molecular weight excluding hydrogens is 236 g/mol. The Morgan fingerprint density at radius 2 is 1.18 bits per heavy atom. The predicted octanol–water partition coefficient (Wildman–Crippen LogP) is 3.32. The van der Waals surface area contributed by atoms with E-state index in [1.807, 2.05) is 60.7 Å². The molecule has 0 amide bonds. The molecule has 0 saturated heterocycles. The van der Waals surface area contributed by atoms with Gasteiger partial charge in [-0.2, -0.15) is 0 Å². The van der Waals surface area contributed by atoms with E-state index in [1.165, 1.54) is 0 Å². The number of aliphatic carboxylic acids is 1. The van der Waals surface area contributed by atoms with Crippen molar-refractivity contribution in [1.82, 2.24) is 0 Å². The number of rotatable bonds is 3. The molecular formula is C14H13ClO2. The van der Waals surface area contributed by atoms with Gasteiger partial charge in [-0.15, -0.1) is 12.4 Å². The predicted molar refractivity (Wildman–Crippen MR) is 69.6 cm³/mol. The summed E-state index contributed by atoms with van der Waals surface area (Å²) >= 11 is 0. The maximum Gasteiger partial charge on any atom is 0.315 e. The zero-order valence-electron chi connectivity index (χ0n) is 9.11. The molecule has 0 fully saturated rings. The van der Waals surface area contributed by atoms with Gasteiger partial charge in [0, 0.05) is 0 Å². The van der Waals surface area contributed by atoms with Crippen LogP contribution in [0.15, 0.2) is 60.7 Å². The van der Waals surface area contributed by atoms with Crippen molar-refractivity contribution < 1.29 is 9.90 Å². The standard InChI is InChI=1S/C14H12O2.ClH/c15-14(16)13(11-7-3-1-4-8-11)12-9-5-2-6-10-12;/h1-10,13H,(H,15,16);1H. The van der Waals surface area contributed by atoms with Gasteiger partial charge in [0.05, 0.1) is 0 Å². The summed E-state index contributed by atoms with van der Waals surface area (Å²) < 4.78 is 0. The lowest BCUT2D eigenvalue weighted by Crippen LogP contribution is -2.12. The van der Waals surface area contributed by atoms with E-state index in [-0.39, 0.29) is 12.4 Å². The monoisotopic (exact) mass is 248 g/mol. The van der Waals surface area contributed by atoms with Gasteiger partial charge < -0.3 is 5.11 Å². The Hall–Kier alpha value is -1.80. The first-order chi connectivity index (χ1) is 7.79. The van der Waals surface area contributed by atoms with Gasteiger partial charge in [0.2, 0.25) is 0 Å². The lowest BCUT2D eigenvalue weighted by molar-refractivity contribution is -0.137. The largest absolute Gasteiger partial charge is 0.481 e. The van der Waals surface area contributed by atoms with E-state index in [1.54, 1.807) is 0 Å². The number of carboxylic acid groups (broad SMARTS) is 1.